The minimum atomic E-state index is -3.68. The summed E-state index contributed by atoms with van der Waals surface area (Å²) in [7, 11) is -3.68. The lowest BCUT2D eigenvalue weighted by Gasteiger charge is -2.10. The fourth-order valence-electron chi connectivity index (χ4n) is 1.65. The predicted octanol–water partition coefficient (Wildman–Crippen LogP) is 1.29. The van der Waals surface area contributed by atoms with Crippen LogP contribution in [-0.4, -0.2) is 24.9 Å². The van der Waals surface area contributed by atoms with Gasteiger partial charge in [-0.3, -0.25) is 4.98 Å². The second-order valence-corrected chi connectivity index (χ2v) is 5.83. The first-order chi connectivity index (χ1) is 9.53. The molecule has 2 N–H and O–H groups in total. The molecule has 0 spiro atoms. The Balaban J connectivity index is 2.18. The lowest BCUT2D eigenvalue weighted by Crippen LogP contribution is -2.24. The van der Waals surface area contributed by atoms with E-state index in [-0.39, 0.29) is 11.4 Å². The average Bonchev–Trinajstić information content (AvgIpc) is 2.83. The number of nitrogens with zero attached hydrogens (tertiary/aromatic N) is 2. The van der Waals surface area contributed by atoms with Gasteiger partial charge in [-0.2, -0.15) is 0 Å². The van der Waals surface area contributed by atoms with Gasteiger partial charge in [0, 0.05) is 18.9 Å². The molecule has 20 heavy (non-hydrogen) atoms. The van der Waals surface area contributed by atoms with Crippen molar-refractivity contribution < 1.29 is 12.8 Å². The van der Waals surface area contributed by atoms with E-state index < -0.39 is 10.0 Å². The number of hydrogen-bond donors (Lipinski definition) is 2. The third-order valence-corrected chi connectivity index (χ3v) is 3.95. The molecule has 0 aliphatic carbocycles. The predicted molar refractivity (Wildman–Crippen MR) is 73.7 cm³/mol. The van der Waals surface area contributed by atoms with Crippen LogP contribution in [0.15, 0.2) is 34.0 Å². The summed E-state index contributed by atoms with van der Waals surface area (Å²) in [5.41, 5.74) is 0.513. The molecule has 7 nitrogen and oxygen atoms in total. The molecular formula is C12H16N4O3S. The van der Waals surface area contributed by atoms with Gasteiger partial charge < -0.3 is 9.73 Å². The summed E-state index contributed by atoms with van der Waals surface area (Å²) < 4.78 is 32.2. The minimum absolute atomic E-state index is 0.00334. The molecule has 108 valence electrons. The summed E-state index contributed by atoms with van der Waals surface area (Å²) >= 11 is 0. The van der Waals surface area contributed by atoms with E-state index >= 15 is 0 Å². The molecule has 0 saturated heterocycles. The maximum absolute atomic E-state index is 12.2. The first-order valence-corrected chi connectivity index (χ1v) is 7.60. The Labute approximate surface area is 117 Å². The van der Waals surface area contributed by atoms with Crippen molar-refractivity contribution in [3.05, 3.63) is 36.3 Å². The highest BCUT2D eigenvalue weighted by atomic mass is 32.2. The van der Waals surface area contributed by atoms with Crippen LogP contribution in [0, 0.1) is 6.92 Å². The molecule has 0 bridgehead atoms. The number of anilines is 1. The lowest BCUT2D eigenvalue weighted by molar-refractivity contribution is 0.463. The zero-order valence-corrected chi connectivity index (χ0v) is 12.1. The van der Waals surface area contributed by atoms with Crippen molar-refractivity contribution in [2.75, 3.05) is 11.9 Å². The third kappa shape index (κ3) is 3.34. The van der Waals surface area contributed by atoms with Gasteiger partial charge in [0.15, 0.2) is 0 Å². The largest absolute Gasteiger partial charge is 0.445 e. The minimum Gasteiger partial charge on any atom is -0.445 e. The van der Waals surface area contributed by atoms with E-state index in [0.717, 1.165) is 0 Å². The molecule has 2 aromatic heterocycles. The number of oxazole rings is 1. The lowest BCUT2D eigenvalue weighted by atomic mass is 10.4. The SMILES string of the molecule is CCNc1ccncc1S(=O)(=O)NCc1ncc(C)o1. The second-order valence-electron chi connectivity index (χ2n) is 4.09. The number of hydrogen-bond acceptors (Lipinski definition) is 6. The Hall–Kier alpha value is -1.93. The third-order valence-electron chi connectivity index (χ3n) is 2.52. The van der Waals surface area contributed by atoms with Crippen molar-refractivity contribution in [3.8, 4) is 0 Å². The molecule has 0 radical (unpaired) electrons. The van der Waals surface area contributed by atoms with E-state index in [2.05, 4.69) is 20.0 Å². The molecule has 0 aliphatic rings. The molecule has 0 amide bonds. The number of aromatic nitrogens is 2. The maximum Gasteiger partial charge on any atom is 0.244 e. The van der Waals surface area contributed by atoms with Crippen LogP contribution >= 0.6 is 0 Å². The van der Waals surface area contributed by atoms with E-state index in [1.165, 1.54) is 18.6 Å². The summed E-state index contributed by atoms with van der Waals surface area (Å²) in [4.78, 5) is 7.90. The van der Waals surface area contributed by atoms with Crippen molar-refractivity contribution in [3.63, 3.8) is 0 Å². The summed E-state index contributed by atoms with van der Waals surface area (Å²) in [6.07, 6.45) is 4.38. The standard InChI is InChI=1S/C12H16N4O3S/c1-3-14-10-4-5-13-7-11(10)20(17,18)16-8-12-15-6-9(2)19-12/h4-7,16H,3,8H2,1-2H3,(H,13,14). The Morgan fingerprint density at radius 3 is 2.80 bits per heavy atom. The van der Waals surface area contributed by atoms with Gasteiger partial charge in [0.05, 0.1) is 18.4 Å². The van der Waals surface area contributed by atoms with Crippen molar-refractivity contribution in [1.82, 2.24) is 14.7 Å². The van der Waals surface area contributed by atoms with E-state index in [1.54, 1.807) is 13.0 Å². The van der Waals surface area contributed by atoms with Gasteiger partial charge in [-0.15, -0.1) is 0 Å². The topological polar surface area (TPSA) is 97.1 Å². The smallest absolute Gasteiger partial charge is 0.244 e. The second kappa shape index (κ2) is 6.02. The van der Waals surface area contributed by atoms with Crippen molar-refractivity contribution in [2.45, 2.75) is 25.3 Å². The quantitative estimate of drug-likeness (QED) is 0.833. The fraction of sp³-hybridized carbons (Fsp3) is 0.333. The summed E-state index contributed by atoms with van der Waals surface area (Å²) in [5, 5.41) is 2.99. The molecule has 2 rings (SSSR count). The van der Waals surface area contributed by atoms with E-state index in [0.29, 0.717) is 23.9 Å². The molecular weight excluding hydrogens is 280 g/mol. The van der Waals surface area contributed by atoms with Gasteiger partial charge in [-0.25, -0.2) is 18.1 Å². The molecule has 2 aromatic rings. The van der Waals surface area contributed by atoms with Crippen LogP contribution in [0.3, 0.4) is 0 Å². The molecule has 8 heteroatoms. The van der Waals surface area contributed by atoms with Gasteiger partial charge in [0.2, 0.25) is 15.9 Å². The summed E-state index contributed by atoms with van der Waals surface area (Å²) in [6, 6.07) is 1.62. The zero-order chi connectivity index (χ0) is 14.6. The van der Waals surface area contributed by atoms with Crippen molar-refractivity contribution >= 4 is 15.7 Å². The van der Waals surface area contributed by atoms with Crippen LogP contribution in [0.25, 0.3) is 0 Å². The van der Waals surface area contributed by atoms with Gasteiger partial charge in [0.1, 0.15) is 10.7 Å². The van der Waals surface area contributed by atoms with Crippen LogP contribution in [0.4, 0.5) is 5.69 Å². The van der Waals surface area contributed by atoms with Crippen molar-refractivity contribution in [2.24, 2.45) is 0 Å². The zero-order valence-electron chi connectivity index (χ0n) is 11.3. The Morgan fingerprint density at radius 1 is 1.35 bits per heavy atom. The van der Waals surface area contributed by atoms with Crippen LogP contribution in [0.2, 0.25) is 0 Å². The number of pyridine rings is 1. The molecule has 0 unspecified atom stereocenters. The normalized spacial score (nSPS) is 11.5. The van der Waals surface area contributed by atoms with Crippen molar-refractivity contribution in [1.29, 1.82) is 0 Å². The van der Waals surface area contributed by atoms with Crippen LogP contribution in [0.5, 0.6) is 0 Å². The first-order valence-electron chi connectivity index (χ1n) is 6.12. The van der Waals surface area contributed by atoms with Gasteiger partial charge in [-0.1, -0.05) is 0 Å². The molecule has 0 aliphatic heterocycles. The van der Waals surface area contributed by atoms with Gasteiger partial charge in [0.25, 0.3) is 0 Å². The Bertz CT molecular complexity index is 682. The summed E-state index contributed by atoms with van der Waals surface area (Å²) in [6.45, 7) is 4.25. The molecule has 0 saturated carbocycles. The molecule has 0 aromatic carbocycles. The van der Waals surface area contributed by atoms with Crippen LogP contribution in [0.1, 0.15) is 18.6 Å². The maximum atomic E-state index is 12.2. The van der Waals surface area contributed by atoms with E-state index in [9.17, 15) is 8.42 Å². The highest BCUT2D eigenvalue weighted by Gasteiger charge is 2.19. The Morgan fingerprint density at radius 2 is 2.15 bits per heavy atom. The first kappa shape index (κ1) is 14.5. The van der Waals surface area contributed by atoms with Gasteiger partial charge >= 0.3 is 0 Å². The molecule has 0 fully saturated rings. The van der Waals surface area contributed by atoms with Gasteiger partial charge in [-0.05, 0) is 19.9 Å². The average molecular weight is 296 g/mol. The highest BCUT2D eigenvalue weighted by Crippen LogP contribution is 2.19. The number of aryl methyl sites for hydroxylation is 1. The molecule has 2 heterocycles. The number of sulfonamides is 1. The monoisotopic (exact) mass is 296 g/mol. The highest BCUT2D eigenvalue weighted by molar-refractivity contribution is 7.89. The van der Waals surface area contributed by atoms with Crippen LogP contribution in [-0.2, 0) is 16.6 Å². The molecule has 0 atom stereocenters. The van der Waals surface area contributed by atoms with Crippen LogP contribution < -0.4 is 10.0 Å². The van der Waals surface area contributed by atoms with E-state index in [4.69, 9.17) is 4.42 Å². The number of rotatable bonds is 6. The number of nitrogens with one attached hydrogen (secondary N) is 2. The Kier molecular flexibility index (Phi) is 4.35. The fourth-order valence-corrected chi connectivity index (χ4v) is 2.75. The summed E-state index contributed by atoms with van der Waals surface area (Å²) in [5.74, 6) is 0.953. The van der Waals surface area contributed by atoms with E-state index in [1.807, 2.05) is 6.92 Å².